The van der Waals surface area contributed by atoms with Crippen LogP contribution in [0.3, 0.4) is 0 Å². The SMILES string of the molecule is CN(C)CCN(C(=O)c1ccc2nccnc2c1)c1nc2ccccc2s1.Cl. The molecule has 6 nitrogen and oxygen atoms in total. The highest BCUT2D eigenvalue weighted by molar-refractivity contribution is 7.22. The van der Waals surface area contributed by atoms with Gasteiger partial charge in [0.25, 0.3) is 5.91 Å². The molecule has 0 radical (unpaired) electrons. The lowest BCUT2D eigenvalue weighted by molar-refractivity contribution is 0.0985. The molecule has 0 spiro atoms. The van der Waals surface area contributed by atoms with Gasteiger partial charge in [-0.1, -0.05) is 23.5 Å². The number of fused-ring (bicyclic) bond motifs is 2. The lowest BCUT2D eigenvalue weighted by Crippen LogP contribution is -2.36. The van der Waals surface area contributed by atoms with Gasteiger partial charge in [-0.25, -0.2) is 4.98 Å². The van der Waals surface area contributed by atoms with E-state index in [1.807, 2.05) is 44.4 Å². The molecule has 0 fully saturated rings. The Bertz CT molecular complexity index is 1080. The maximum atomic E-state index is 13.3. The minimum Gasteiger partial charge on any atom is -0.308 e. The van der Waals surface area contributed by atoms with Crippen LogP contribution in [0.1, 0.15) is 10.4 Å². The molecule has 4 rings (SSSR count). The number of aromatic nitrogens is 3. The van der Waals surface area contributed by atoms with Gasteiger partial charge in [0.2, 0.25) is 0 Å². The Morgan fingerprint density at radius 1 is 0.964 bits per heavy atom. The summed E-state index contributed by atoms with van der Waals surface area (Å²) in [6.07, 6.45) is 3.28. The second-order valence-electron chi connectivity index (χ2n) is 6.48. The number of carbonyl (C=O) groups excluding carboxylic acids is 1. The predicted molar refractivity (Wildman–Crippen MR) is 117 cm³/mol. The Balaban J connectivity index is 0.00000225. The molecule has 1 amide bonds. The number of amides is 1. The fraction of sp³-hybridized carbons (Fsp3) is 0.200. The largest absolute Gasteiger partial charge is 0.308 e. The van der Waals surface area contributed by atoms with Gasteiger partial charge in [0.1, 0.15) is 0 Å². The fourth-order valence-electron chi connectivity index (χ4n) is 2.81. The summed E-state index contributed by atoms with van der Waals surface area (Å²) in [6.45, 7) is 1.30. The van der Waals surface area contributed by atoms with Crippen LogP contribution in [0.15, 0.2) is 54.9 Å². The summed E-state index contributed by atoms with van der Waals surface area (Å²) in [6, 6.07) is 13.4. The molecule has 2 heterocycles. The first-order valence-corrected chi connectivity index (χ1v) is 9.46. The summed E-state index contributed by atoms with van der Waals surface area (Å²) in [7, 11) is 3.99. The van der Waals surface area contributed by atoms with Crippen LogP contribution >= 0.6 is 23.7 Å². The smallest absolute Gasteiger partial charge is 0.260 e. The quantitative estimate of drug-likeness (QED) is 0.497. The lowest BCUT2D eigenvalue weighted by atomic mass is 10.1. The molecule has 0 unspecified atom stereocenters. The number of rotatable bonds is 5. The predicted octanol–water partition coefficient (Wildman–Crippen LogP) is 3.87. The third-order valence-electron chi connectivity index (χ3n) is 4.25. The second-order valence-corrected chi connectivity index (χ2v) is 7.49. The van der Waals surface area contributed by atoms with E-state index in [9.17, 15) is 4.79 Å². The minimum atomic E-state index is -0.0801. The molecule has 0 aliphatic carbocycles. The topological polar surface area (TPSA) is 62.2 Å². The average Bonchev–Trinajstić information content (AvgIpc) is 3.11. The van der Waals surface area contributed by atoms with E-state index in [0.29, 0.717) is 22.8 Å². The number of nitrogens with zero attached hydrogens (tertiary/aromatic N) is 5. The van der Waals surface area contributed by atoms with Gasteiger partial charge in [-0.05, 0) is 44.4 Å². The molecule has 0 saturated heterocycles. The molecule has 144 valence electrons. The maximum absolute atomic E-state index is 13.3. The van der Waals surface area contributed by atoms with Crippen molar-refractivity contribution in [3.63, 3.8) is 0 Å². The monoisotopic (exact) mass is 413 g/mol. The zero-order valence-corrected chi connectivity index (χ0v) is 17.2. The van der Waals surface area contributed by atoms with E-state index in [1.54, 1.807) is 29.4 Å². The number of thiazole rings is 1. The molecule has 0 atom stereocenters. The highest BCUT2D eigenvalue weighted by atomic mass is 35.5. The fourth-order valence-corrected chi connectivity index (χ4v) is 3.80. The first-order chi connectivity index (χ1) is 13.1. The maximum Gasteiger partial charge on any atom is 0.260 e. The van der Waals surface area contributed by atoms with Crippen LogP contribution in [0.4, 0.5) is 5.13 Å². The van der Waals surface area contributed by atoms with Crippen molar-refractivity contribution in [1.82, 2.24) is 19.9 Å². The van der Waals surface area contributed by atoms with Crippen LogP contribution in [0.2, 0.25) is 0 Å². The first-order valence-electron chi connectivity index (χ1n) is 8.65. The number of benzene rings is 2. The van der Waals surface area contributed by atoms with E-state index >= 15 is 0 Å². The van der Waals surface area contributed by atoms with E-state index in [1.165, 1.54) is 11.3 Å². The van der Waals surface area contributed by atoms with Crippen LogP contribution in [-0.4, -0.2) is 52.9 Å². The molecular formula is C20H20ClN5OS. The molecule has 28 heavy (non-hydrogen) atoms. The van der Waals surface area contributed by atoms with Crippen LogP contribution in [0.5, 0.6) is 0 Å². The van der Waals surface area contributed by atoms with Crippen molar-refractivity contribution in [2.75, 3.05) is 32.1 Å². The standard InChI is InChI=1S/C20H19N5OS.ClH/c1-24(2)11-12-25(20-23-16-5-3-4-6-18(16)27-20)19(26)14-7-8-15-17(13-14)22-10-9-21-15;/h3-10,13H,11-12H2,1-2H3;1H. The Hall–Kier alpha value is -2.61. The highest BCUT2D eigenvalue weighted by Gasteiger charge is 2.21. The molecule has 0 bridgehead atoms. The zero-order chi connectivity index (χ0) is 18.8. The molecule has 0 aliphatic rings. The van der Waals surface area contributed by atoms with Gasteiger partial charge in [0, 0.05) is 31.0 Å². The van der Waals surface area contributed by atoms with Crippen molar-refractivity contribution in [1.29, 1.82) is 0 Å². The van der Waals surface area contributed by atoms with Gasteiger partial charge >= 0.3 is 0 Å². The zero-order valence-electron chi connectivity index (χ0n) is 15.6. The number of likely N-dealkylation sites (N-methyl/N-ethyl adjacent to an activating group) is 1. The van der Waals surface area contributed by atoms with Gasteiger partial charge in [-0.2, -0.15) is 0 Å². The summed E-state index contributed by atoms with van der Waals surface area (Å²) >= 11 is 1.53. The summed E-state index contributed by atoms with van der Waals surface area (Å²) in [5, 5.41) is 0.710. The van der Waals surface area contributed by atoms with Gasteiger partial charge in [0.05, 0.1) is 21.3 Å². The Morgan fingerprint density at radius 2 is 1.71 bits per heavy atom. The number of para-hydroxylation sites is 1. The number of anilines is 1. The van der Waals surface area contributed by atoms with Crippen LogP contribution in [-0.2, 0) is 0 Å². The van der Waals surface area contributed by atoms with E-state index in [-0.39, 0.29) is 18.3 Å². The van der Waals surface area contributed by atoms with Crippen molar-refractivity contribution < 1.29 is 4.79 Å². The summed E-state index contributed by atoms with van der Waals surface area (Å²) in [4.78, 5) is 30.4. The molecule has 2 aromatic heterocycles. The second kappa shape index (κ2) is 8.60. The third-order valence-corrected chi connectivity index (χ3v) is 5.31. The normalized spacial score (nSPS) is 11.0. The number of hydrogen-bond acceptors (Lipinski definition) is 6. The average molecular weight is 414 g/mol. The van der Waals surface area contributed by atoms with Crippen LogP contribution < -0.4 is 4.90 Å². The van der Waals surface area contributed by atoms with Gasteiger partial charge < -0.3 is 4.90 Å². The highest BCUT2D eigenvalue weighted by Crippen LogP contribution is 2.29. The van der Waals surface area contributed by atoms with E-state index in [0.717, 1.165) is 22.3 Å². The first kappa shape index (κ1) is 20.1. The van der Waals surface area contributed by atoms with Gasteiger partial charge in [-0.3, -0.25) is 19.7 Å². The molecule has 4 aromatic rings. The molecule has 0 aliphatic heterocycles. The molecular weight excluding hydrogens is 394 g/mol. The molecule has 0 saturated carbocycles. The minimum absolute atomic E-state index is 0. The van der Waals surface area contributed by atoms with Crippen molar-refractivity contribution in [3.05, 3.63) is 60.4 Å². The Labute approximate surface area is 173 Å². The lowest BCUT2D eigenvalue weighted by Gasteiger charge is -2.22. The van der Waals surface area contributed by atoms with Crippen LogP contribution in [0.25, 0.3) is 21.3 Å². The Morgan fingerprint density at radius 3 is 2.46 bits per heavy atom. The molecule has 2 aromatic carbocycles. The Kier molecular flexibility index (Phi) is 6.18. The van der Waals surface area contributed by atoms with Crippen molar-refractivity contribution in [2.45, 2.75) is 0 Å². The number of carbonyl (C=O) groups is 1. The molecule has 8 heteroatoms. The van der Waals surface area contributed by atoms with Gasteiger partial charge in [-0.15, -0.1) is 12.4 Å². The van der Waals surface area contributed by atoms with E-state index in [2.05, 4.69) is 19.9 Å². The van der Waals surface area contributed by atoms with Crippen LogP contribution in [0, 0.1) is 0 Å². The van der Waals surface area contributed by atoms with Crippen molar-refractivity contribution in [3.8, 4) is 0 Å². The number of hydrogen-bond donors (Lipinski definition) is 0. The third kappa shape index (κ3) is 4.11. The summed E-state index contributed by atoms with van der Waals surface area (Å²) in [5.41, 5.74) is 2.97. The van der Waals surface area contributed by atoms with Crippen molar-refractivity contribution >= 4 is 56.0 Å². The summed E-state index contributed by atoms with van der Waals surface area (Å²) in [5.74, 6) is -0.0801. The van der Waals surface area contributed by atoms with E-state index < -0.39 is 0 Å². The van der Waals surface area contributed by atoms with Gasteiger partial charge in [0.15, 0.2) is 5.13 Å². The molecule has 0 N–H and O–H groups in total. The number of halogens is 1. The summed E-state index contributed by atoms with van der Waals surface area (Å²) < 4.78 is 1.07. The van der Waals surface area contributed by atoms with E-state index in [4.69, 9.17) is 0 Å². The van der Waals surface area contributed by atoms with Crippen molar-refractivity contribution in [2.24, 2.45) is 0 Å².